The molecule has 2 aliphatic heterocycles. The fraction of sp³-hybridized carbons (Fsp3) is 0.737. The molecule has 1 aromatic heterocycles. The molecular weight excluding hydrogens is 358 g/mol. The molecule has 2 atom stereocenters. The van der Waals surface area contributed by atoms with Gasteiger partial charge in [-0.25, -0.2) is 0 Å². The molecule has 0 aliphatic carbocycles. The number of aliphatic carboxylic acids is 1. The molecule has 3 rings (SSSR count). The monoisotopic (exact) mass is 391 g/mol. The molecule has 9 nitrogen and oxygen atoms in total. The van der Waals surface area contributed by atoms with Crippen LogP contribution in [0.25, 0.3) is 0 Å². The number of rotatable bonds is 6. The number of nitrogens with two attached hydrogens (primary N) is 1. The average Bonchev–Trinajstić information content (AvgIpc) is 2.66. The largest absolute Gasteiger partial charge is 0.481 e. The number of likely N-dealkylation sites (N-methyl/N-ethyl adjacent to an activating group) is 1. The lowest BCUT2D eigenvalue weighted by Crippen LogP contribution is -2.56. The summed E-state index contributed by atoms with van der Waals surface area (Å²) < 4.78 is 0. The third kappa shape index (κ3) is 5.02. The Labute approximate surface area is 167 Å². The molecule has 2 saturated heterocycles. The summed E-state index contributed by atoms with van der Waals surface area (Å²) in [7, 11) is 6.02. The van der Waals surface area contributed by atoms with E-state index in [4.69, 9.17) is 5.73 Å². The van der Waals surface area contributed by atoms with Crippen LogP contribution in [0.5, 0.6) is 0 Å². The quantitative estimate of drug-likeness (QED) is 0.715. The minimum absolute atomic E-state index is 0.206. The number of carboxylic acid groups (broad SMARTS) is 1. The Morgan fingerprint density at radius 2 is 1.96 bits per heavy atom. The highest BCUT2D eigenvalue weighted by molar-refractivity contribution is 5.66. The molecule has 0 spiro atoms. The number of hydrogen-bond donors (Lipinski definition) is 2. The van der Waals surface area contributed by atoms with Crippen molar-refractivity contribution >= 4 is 23.6 Å². The molecule has 0 radical (unpaired) electrons. The topological polar surface area (TPSA) is 102 Å². The minimum Gasteiger partial charge on any atom is -0.481 e. The lowest BCUT2D eigenvalue weighted by Gasteiger charge is -2.46. The zero-order valence-corrected chi connectivity index (χ0v) is 17.2. The van der Waals surface area contributed by atoms with E-state index in [0.717, 1.165) is 57.3 Å². The highest BCUT2D eigenvalue weighted by Crippen LogP contribution is 2.30. The van der Waals surface area contributed by atoms with E-state index >= 15 is 0 Å². The smallest absolute Gasteiger partial charge is 0.303 e. The van der Waals surface area contributed by atoms with Crippen LogP contribution in [0.3, 0.4) is 0 Å². The highest BCUT2D eigenvalue weighted by atomic mass is 16.4. The van der Waals surface area contributed by atoms with Gasteiger partial charge in [-0.15, -0.1) is 0 Å². The van der Waals surface area contributed by atoms with Crippen molar-refractivity contribution in [2.45, 2.75) is 25.3 Å². The van der Waals surface area contributed by atoms with E-state index in [1.165, 1.54) is 0 Å². The predicted octanol–water partition coefficient (Wildman–Crippen LogP) is 0.432. The Balaban J connectivity index is 1.75. The van der Waals surface area contributed by atoms with Gasteiger partial charge in [0.1, 0.15) is 11.6 Å². The van der Waals surface area contributed by atoms with Crippen LogP contribution in [0.4, 0.5) is 17.6 Å². The van der Waals surface area contributed by atoms with E-state index in [2.05, 4.69) is 31.7 Å². The van der Waals surface area contributed by atoms with Crippen molar-refractivity contribution in [1.82, 2.24) is 19.8 Å². The summed E-state index contributed by atoms with van der Waals surface area (Å²) in [5.41, 5.74) is 5.93. The first kappa shape index (κ1) is 20.6. The fourth-order valence-electron chi connectivity index (χ4n) is 4.29. The summed E-state index contributed by atoms with van der Waals surface area (Å²) in [6.07, 6.45) is 1.90. The molecule has 0 amide bonds. The van der Waals surface area contributed by atoms with Crippen LogP contribution < -0.4 is 15.5 Å². The first-order valence-electron chi connectivity index (χ1n) is 10.0. The van der Waals surface area contributed by atoms with E-state index in [-0.39, 0.29) is 12.4 Å². The summed E-state index contributed by atoms with van der Waals surface area (Å²) >= 11 is 0. The Bertz CT molecular complexity index is 676. The lowest BCUT2D eigenvalue weighted by molar-refractivity contribution is -0.137. The van der Waals surface area contributed by atoms with Gasteiger partial charge >= 0.3 is 5.97 Å². The average molecular weight is 392 g/mol. The number of aromatic nitrogens is 2. The molecular formula is C19H33N7O2. The highest BCUT2D eigenvalue weighted by Gasteiger charge is 2.35. The SMILES string of the molecule is CN1CCN([C@H]2CCN(c3cc(N(C)C)nc(N)n3)C[C@H]2CCC(=O)O)CC1. The standard InChI is InChI=1S/C19H33N7O2/c1-23(2)16-12-17(22-19(20)21-16)26-7-6-15(14(13-26)4-5-18(27)28)25-10-8-24(3)9-11-25/h12,14-15H,4-11,13H2,1-3H3,(H,27,28)(H2,20,21,22)/t14-,15+/m1/s1. The number of piperidine rings is 1. The normalized spacial score (nSPS) is 24.3. The van der Waals surface area contributed by atoms with Crippen molar-refractivity contribution in [3.05, 3.63) is 6.07 Å². The molecule has 28 heavy (non-hydrogen) atoms. The molecule has 0 saturated carbocycles. The van der Waals surface area contributed by atoms with Crippen LogP contribution in [-0.2, 0) is 4.79 Å². The number of piperazine rings is 1. The van der Waals surface area contributed by atoms with Crippen LogP contribution in [0.15, 0.2) is 6.07 Å². The van der Waals surface area contributed by atoms with Crippen molar-refractivity contribution in [3.63, 3.8) is 0 Å². The summed E-state index contributed by atoms with van der Waals surface area (Å²) in [6.45, 7) is 5.93. The van der Waals surface area contributed by atoms with Crippen LogP contribution in [0.2, 0.25) is 0 Å². The van der Waals surface area contributed by atoms with Crippen molar-refractivity contribution < 1.29 is 9.90 Å². The Hall–Kier alpha value is -2.13. The summed E-state index contributed by atoms with van der Waals surface area (Å²) in [5.74, 6) is 1.45. The fourth-order valence-corrected chi connectivity index (χ4v) is 4.29. The van der Waals surface area contributed by atoms with Crippen molar-refractivity contribution in [2.75, 3.05) is 75.9 Å². The number of hydrogen-bond acceptors (Lipinski definition) is 8. The van der Waals surface area contributed by atoms with Crippen LogP contribution >= 0.6 is 0 Å². The first-order chi connectivity index (χ1) is 13.3. The van der Waals surface area contributed by atoms with Crippen molar-refractivity contribution in [2.24, 2.45) is 5.92 Å². The van der Waals surface area contributed by atoms with Crippen LogP contribution in [-0.4, -0.2) is 97.3 Å². The number of carboxylic acids is 1. The van der Waals surface area contributed by atoms with E-state index in [0.29, 0.717) is 18.4 Å². The summed E-state index contributed by atoms with van der Waals surface area (Å²) in [5, 5.41) is 9.22. The van der Waals surface area contributed by atoms with Gasteiger partial charge in [-0.2, -0.15) is 9.97 Å². The second-order valence-corrected chi connectivity index (χ2v) is 8.17. The first-order valence-corrected chi connectivity index (χ1v) is 10.0. The molecule has 156 valence electrons. The second kappa shape index (κ2) is 8.91. The zero-order valence-electron chi connectivity index (χ0n) is 17.2. The number of nitrogen functional groups attached to an aromatic ring is 1. The molecule has 9 heteroatoms. The van der Waals surface area contributed by atoms with Gasteiger partial charge in [0.2, 0.25) is 5.95 Å². The van der Waals surface area contributed by atoms with E-state index in [9.17, 15) is 9.90 Å². The Morgan fingerprint density at radius 3 is 2.61 bits per heavy atom. The molecule has 0 unspecified atom stereocenters. The maximum Gasteiger partial charge on any atom is 0.303 e. The molecule has 2 fully saturated rings. The van der Waals surface area contributed by atoms with Gasteiger partial charge in [-0.3, -0.25) is 9.69 Å². The molecule has 3 N–H and O–H groups in total. The minimum atomic E-state index is -0.726. The number of anilines is 3. The van der Waals surface area contributed by atoms with Gasteiger partial charge < -0.3 is 25.5 Å². The Morgan fingerprint density at radius 1 is 1.25 bits per heavy atom. The van der Waals surface area contributed by atoms with Crippen LogP contribution in [0, 0.1) is 5.92 Å². The van der Waals surface area contributed by atoms with Gasteiger partial charge in [0.15, 0.2) is 0 Å². The van der Waals surface area contributed by atoms with Crippen LogP contribution in [0.1, 0.15) is 19.3 Å². The maximum atomic E-state index is 11.2. The molecule has 3 heterocycles. The third-order valence-electron chi connectivity index (χ3n) is 5.93. The predicted molar refractivity (Wildman–Crippen MR) is 111 cm³/mol. The van der Waals surface area contributed by atoms with E-state index < -0.39 is 5.97 Å². The van der Waals surface area contributed by atoms with Gasteiger partial charge in [0.05, 0.1) is 0 Å². The molecule has 0 aromatic carbocycles. The number of nitrogens with zero attached hydrogens (tertiary/aromatic N) is 6. The molecule has 0 bridgehead atoms. The molecule has 1 aromatic rings. The van der Waals surface area contributed by atoms with Gasteiger partial charge in [0, 0.05) is 71.9 Å². The lowest BCUT2D eigenvalue weighted by atomic mass is 9.86. The zero-order chi connectivity index (χ0) is 20.3. The molecule has 2 aliphatic rings. The van der Waals surface area contributed by atoms with Gasteiger partial charge in [0.25, 0.3) is 0 Å². The summed E-state index contributed by atoms with van der Waals surface area (Å²) in [6, 6.07) is 2.39. The maximum absolute atomic E-state index is 11.2. The van der Waals surface area contributed by atoms with Crippen molar-refractivity contribution in [3.8, 4) is 0 Å². The van der Waals surface area contributed by atoms with Gasteiger partial charge in [-0.1, -0.05) is 0 Å². The van der Waals surface area contributed by atoms with Crippen molar-refractivity contribution in [1.29, 1.82) is 0 Å². The third-order valence-corrected chi connectivity index (χ3v) is 5.93. The van der Waals surface area contributed by atoms with Gasteiger partial charge in [-0.05, 0) is 25.8 Å². The Kier molecular flexibility index (Phi) is 6.56. The van der Waals surface area contributed by atoms with E-state index in [1.807, 2.05) is 25.1 Å². The van der Waals surface area contributed by atoms with E-state index in [1.54, 1.807) is 0 Å². The summed E-state index contributed by atoms with van der Waals surface area (Å²) in [4.78, 5) is 29.0. The number of carbonyl (C=O) groups is 1. The second-order valence-electron chi connectivity index (χ2n) is 8.17.